The van der Waals surface area contributed by atoms with Gasteiger partial charge in [-0.2, -0.15) is 20.1 Å². The summed E-state index contributed by atoms with van der Waals surface area (Å²) in [7, 11) is -5.76. The fourth-order valence-corrected chi connectivity index (χ4v) is 11.8. The Morgan fingerprint density at radius 3 is 1.40 bits per heavy atom. The second-order valence-corrected chi connectivity index (χ2v) is 25.8. The summed E-state index contributed by atoms with van der Waals surface area (Å²) in [5.41, 5.74) is 4.73. The number of hydrogen-bond acceptors (Lipinski definition) is 23. The summed E-state index contributed by atoms with van der Waals surface area (Å²) in [6.07, 6.45) is 16.8. The molecule has 2 fully saturated rings. The van der Waals surface area contributed by atoms with Crippen molar-refractivity contribution in [3.63, 3.8) is 0 Å². The molecule has 6 rings (SSSR count). The van der Waals surface area contributed by atoms with Crippen LogP contribution in [0.3, 0.4) is 0 Å². The Labute approximate surface area is 541 Å². The Morgan fingerprint density at radius 2 is 1.01 bits per heavy atom. The monoisotopic (exact) mass is 1430 g/mol. The molecule has 8 atom stereocenters. The number of anilines is 1. The summed E-state index contributed by atoms with van der Waals surface area (Å²) in [4.78, 5) is 89.5. The molecule has 0 radical (unpaired) electrons. The normalized spacial score (nSPS) is 18.0. The van der Waals surface area contributed by atoms with Crippen LogP contribution in [0, 0.1) is 0 Å². The molecule has 2 aromatic carbocycles. The Bertz CT molecular complexity index is 3080. The zero-order valence-corrected chi connectivity index (χ0v) is 56.9. The van der Waals surface area contributed by atoms with Crippen molar-refractivity contribution in [2.75, 3.05) is 46.4 Å². The third-order valence-corrected chi connectivity index (χ3v) is 17.6. The number of methoxy groups -OCH3 is 2. The summed E-state index contributed by atoms with van der Waals surface area (Å²) in [5.74, 6) is -1.60. The number of hydrogen-bond donors (Lipinski definition) is 3. The number of rotatable bonds is 36. The van der Waals surface area contributed by atoms with Gasteiger partial charge in [-0.1, -0.05) is 130 Å². The highest BCUT2D eigenvalue weighted by Crippen LogP contribution is 2.47. The quantitative estimate of drug-likeness (QED) is 0.0125. The van der Waals surface area contributed by atoms with Gasteiger partial charge < -0.3 is 47.9 Å². The van der Waals surface area contributed by atoms with Crippen LogP contribution in [0.4, 0.5) is 5.82 Å². The number of nitrogens with two attached hydrogens (primary N) is 1. The summed E-state index contributed by atoms with van der Waals surface area (Å²) < 4.78 is 89.4. The van der Waals surface area contributed by atoms with Gasteiger partial charge in [-0.15, -0.1) is 0 Å². The number of nitrogen functional groups attached to an aromatic ring is 1. The molecule has 27 nitrogen and oxygen atoms in total. The SMILES string of the molecule is CCC(=O)OC(=O)CC.CCCCCCCCCCCCCCCC(=O)Cc1ccn([C@@H]2CO[C@H](COP(=O)(N[C@@H](C)C(=O)OC)Oc3ccc(Br)cc3)O2)c(=O)n1.COC(=O)[C@H](C)NP(=O)(OC[C@H]1OC[C@@H](n2ccc(N)nc2=O)O1)Oc1ccc(Br)cc1. The Kier molecular flexibility index (Phi) is 35.1. The number of halogens is 2. The number of ketones is 1. The van der Waals surface area contributed by atoms with Crippen LogP contribution < -0.4 is 36.3 Å². The lowest BCUT2D eigenvalue weighted by Crippen LogP contribution is -2.35. The number of nitrogens with zero attached hydrogens (tertiary/aromatic N) is 4. The number of carbonyl (C=O) groups excluding carboxylic acids is 5. The van der Waals surface area contributed by atoms with E-state index in [9.17, 15) is 42.7 Å². The molecule has 0 spiro atoms. The maximum Gasteiger partial charge on any atom is 0.459 e. The van der Waals surface area contributed by atoms with Gasteiger partial charge >= 0.3 is 50.7 Å². The third kappa shape index (κ3) is 29.0. The zero-order valence-electron chi connectivity index (χ0n) is 51.9. The van der Waals surface area contributed by atoms with Crippen LogP contribution in [-0.4, -0.2) is 114 Å². The van der Waals surface area contributed by atoms with Crippen molar-refractivity contribution < 1.29 is 84.4 Å². The average molecular weight is 1430 g/mol. The van der Waals surface area contributed by atoms with Crippen LogP contribution in [0.1, 0.15) is 156 Å². The zero-order chi connectivity index (χ0) is 66.1. The summed E-state index contributed by atoms with van der Waals surface area (Å²) >= 11 is 6.63. The molecule has 2 aliphatic rings. The lowest BCUT2D eigenvalue weighted by atomic mass is 10.0. The number of Topliss-reactive ketones (excluding diaryl/α,β-unsaturated/α-hetero) is 1. The number of benzene rings is 2. The second kappa shape index (κ2) is 41.1. The van der Waals surface area contributed by atoms with E-state index in [1.54, 1.807) is 68.4 Å². The van der Waals surface area contributed by atoms with E-state index in [0.717, 1.165) is 28.2 Å². The Balaban J connectivity index is 0.000000359. The molecule has 31 heteroatoms. The van der Waals surface area contributed by atoms with Crippen LogP contribution in [0.15, 0.2) is 91.6 Å². The van der Waals surface area contributed by atoms with Crippen molar-refractivity contribution in [2.45, 2.75) is 181 Å². The van der Waals surface area contributed by atoms with E-state index in [-0.39, 0.29) is 68.8 Å². The lowest BCUT2D eigenvalue weighted by Gasteiger charge is -2.23. The van der Waals surface area contributed by atoms with Crippen molar-refractivity contribution in [3.05, 3.63) is 109 Å². The first-order chi connectivity index (χ1) is 43.0. The topological polar surface area (TPSA) is 341 Å². The van der Waals surface area contributed by atoms with Gasteiger partial charge in [0.05, 0.1) is 33.1 Å². The molecule has 90 heavy (non-hydrogen) atoms. The van der Waals surface area contributed by atoms with Gasteiger partial charge in [0.1, 0.15) is 48.4 Å². The number of nitrogens with one attached hydrogen (secondary N) is 2. The van der Waals surface area contributed by atoms with Gasteiger partial charge in [0.2, 0.25) is 0 Å². The predicted octanol–water partition coefficient (Wildman–Crippen LogP) is 10.5. The van der Waals surface area contributed by atoms with E-state index in [1.165, 1.54) is 120 Å². The number of unbranched alkanes of at least 4 members (excludes halogenated alkanes) is 12. The van der Waals surface area contributed by atoms with Gasteiger partial charge in [-0.3, -0.25) is 42.2 Å². The first-order valence-corrected chi connectivity index (χ1v) is 34.5. The van der Waals surface area contributed by atoms with Crippen LogP contribution >= 0.6 is 47.4 Å². The fourth-order valence-electron chi connectivity index (χ4n) is 8.37. The van der Waals surface area contributed by atoms with Crippen LogP contribution in [0.5, 0.6) is 11.5 Å². The van der Waals surface area contributed by atoms with E-state index in [0.29, 0.717) is 12.1 Å². The molecule has 0 aliphatic carbocycles. The maximum atomic E-state index is 13.6. The molecule has 500 valence electrons. The Hall–Kier alpha value is -5.55. The molecule has 4 N–H and O–H groups in total. The fraction of sp³-hybridized carbons (Fsp3) is 0.576. The van der Waals surface area contributed by atoms with Gasteiger partial charge in [0.25, 0.3) is 0 Å². The van der Waals surface area contributed by atoms with E-state index in [1.807, 2.05) is 0 Å². The summed E-state index contributed by atoms with van der Waals surface area (Å²) in [6, 6.07) is 14.2. The minimum absolute atomic E-state index is 0.0107. The molecule has 4 heterocycles. The van der Waals surface area contributed by atoms with Crippen molar-refractivity contribution in [3.8, 4) is 11.5 Å². The standard InChI is InChI=1S/C35H53BrN3O9P.C18H22BrN4O8P.C6H10O3/c1-4-5-6-7-8-9-10-11-12-13-14-15-16-17-30(40)24-29-22-23-39(35(42)37-29)32-25-45-33(47-32)26-46-49(43,38-27(2)34(41)44-3)48-31-20-18-28(36)19-21-31;1-11(17(24)27-2)22-32(26,31-13-5-3-12(19)4-6-13)29-10-16-28-9-15(30-16)23-8-7-14(20)21-18(23)25;1-3-5(7)9-6(8)4-2/h18-23,27,32-33H,4-17,24-26H2,1-3H3,(H,38,43);3-8,11,15-16H,9-10H2,1-2H3,(H,22,26)(H2,20,21,25);3-4H2,1-2H3/t27-,32-,33-,49?;11-,15-,16-,32?;/m00./s1. The summed E-state index contributed by atoms with van der Waals surface area (Å²) in [6.45, 7) is 7.84. The van der Waals surface area contributed by atoms with E-state index < -0.39 is 87.9 Å². The van der Waals surface area contributed by atoms with Crippen LogP contribution in [0.25, 0.3) is 0 Å². The first-order valence-electron chi connectivity index (χ1n) is 29.8. The largest absolute Gasteiger partial charge is 0.468 e. The van der Waals surface area contributed by atoms with Crippen molar-refractivity contribution >= 4 is 82.8 Å². The average Bonchev–Trinajstić information content (AvgIpc) is 2.37. The highest BCUT2D eigenvalue weighted by Gasteiger charge is 2.38. The number of aromatic nitrogens is 4. The molecule has 0 saturated carbocycles. The molecule has 2 unspecified atom stereocenters. The van der Waals surface area contributed by atoms with E-state index in [2.05, 4.69) is 68.4 Å². The van der Waals surface area contributed by atoms with Crippen molar-refractivity contribution in [2.24, 2.45) is 0 Å². The molecule has 0 bridgehead atoms. The van der Waals surface area contributed by atoms with Gasteiger partial charge in [0, 0.05) is 47.0 Å². The molecular weight excluding hydrogens is 1350 g/mol. The number of ether oxygens (including phenoxy) is 7. The van der Waals surface area contributed by atoms with Gasteiger partial charge in [-0.05, 0) is 80.9 Å². The van der Waals surface area contributed by atoms with Crippen LogP contribution in [0.2, 0.25) is 0 Å². The van der Waals surface area contributed by atoms with E-state index in [4.69, 9.17) is 47.5 Å². The highest BCUT2D eigenvalue weighted by molar-refractivity contribution is 9.10. The predicted molar refractivity (Wildman–Crippen MR) is 338 cm³/mol. The molecule has 4 aromatic rings. The number of esters is 4. The molecule has 2 saturated heterocycles. The Morgan fingerprint density at radius 1 is 0.611 bits per heavy atom. The van der Waals surface area contributed by atoms with Gasteiger partial charge in [-0.25, -0.2) is 18.7 Å². The lowest BCUT2D eigenvalue weighted by molar-refractivity contribution is -0.159. The molecule has 2 aromatic heterocycles. The number of carbonyl (C=O) groups is 5. The molecule has 2 aliphatic heterocycles. The molecular formula is C59H85Br2N7O20P2. The van der Waals surface area contributed by atoms with Gasteiger partial charge in [0.15, 0.2) is 25.0 Å². The first kappa shape index (κ1) is 76.9. The maximum absolute atomic E-state index is 13.6. The molecule has 0 amide bonds. The minimum atomic E-state index is -4.12. The van der Waals surface area contributed by atoms with Crippen molar-refractivity contribution in [1.82, 2.24) is 29.3 Å². The van der Waals surface area contributed by atoms with Crippen molar-refractivity contribution in [1.29, 1.82) is 0 Å². The smallest absolute Gasteiger partial charge is 0.459 e. The highest BCUT2D eigenvalue weighted by atomic mass is 79.9. The minimum Gasteiger partial charge on any atom is -0.468 e. The summed E-state index contributed by atoms with van der Waals surface area (Å²) in [5, 5.41) is 5.09. The van der Waals surface area contributed by atoms with Crippen LogP contribution in [-0.2, 0) is 81.7 Å². The van der Waals surface area contributed by atoms with E-state index >= 15 is 0 Å². The second-order valence-electron chi connectivity index (χ2n) is 20.5. The third-order valence-electron chi connectivity index (χ3n) is 13.2.